The summed E-state index contributed by atoms with van der Waals surface area (Å²) < 4.78 is 0. The molecule has 1 saturated carbocycles. The van der Waals surface area contributed by atoms with Crippen LogP contribution in [0.1, 0.15) is 57.1 Å². The van der Waals surface area contributed by atoms with Gasteiger partial charge in [-0.25, -0.2) is 0 Å². The second-order valence-corrected chi connectivity index (χ2v) is 5.81. The lowest BCUT2D eigenvalue weighted by atomic mass is 10.0. The van der Waals surface area contributed by atoms with Gasteiger partial charge in [-0.15, -0.1) is 0 Å². The number of aryl methyl sites for hydroxylation is 1. The van der Waals surface area contributed by atoms with Gasteiger partial charge < -0.3 is 5.32 Å². The summed E-state index contributed by atoms with van der Waals surface area (Å²) in [6.45, 7) is 5.68. The molecule has 1 aromatic carbocycles. The second-order valence-electron chi connectivity index (χ2n) is 5.81. The van der Waals surface area contributed by atoms with E-state index in [1.165, 1.54) is 43.2 Å². The Morgan fingerprint density at radius 2 is 1.83 bits per heavy atom. The Balaban J connectivity index is 1.87. The molecule has 0 bridgehead atoms. The van der Waals surface area contributed by atoms with Gasteiger partial charge in [0.2, 0.25) is 0 Å². The van der Waals surface area contributed by atoms with Crippen molar-refractivity contribution in [3.63, 3.8) is 0 Å². The molecule has 18 heavy (non-hydrogen) atoms. The van der Waals surface area contributed by atoms with E-state index < -0.39 is 0 Å². The van der Waals surface area contributed by atoms with Crippen LogP contribution in [0, 0.1) is 5.92 Å². The van der Waals surface area contributed by atoms with Gasteiger partial charge in [-0.3, -0.25) is 0 Å². The molecule has 0 amide bonds. The van der Waals surface area contributed by atoms with E-state index in [2.05, 4.69) is 43.4 Å². The minimum atomic E-state index is 0.736. The summed E-state index contributed by atoms with van der Waals surface area (Å²) >= 11 is 0. The zero-order valence-electron chi connectivity index (χ0n) is 11.9. The van der Waals surface area contributed by atoms with Crippen molar-refractivity contribution in [2.45, 2.75) is 65.0 Å². The molecule has 0 aromatic heterocycles. The van der Waals surface area contributed by atoms with Crippen LogP contribution in [0.4, 0.5) is 0 Å². The van der Waals surface area contributed by atoms with Crippen LogP contribution in [-0.2, 0) is 13.0 Å². The molecule has 0 saturated heterocycles. The summed E-state index contributed by atoms with van der Waals surface area (Å²) in [5.74, 6) is 0.930. The molecule has 1 nitrogen and oxygen atoms in total. The summed E-state index contributed by atoms with van der Waals surface area (Å²) in [4.78, 5) is 0. The Hall–Kier alpha value is -0.820. The summed E-state index contributed by atoms with van der Waals surface area (Å²) in [5.41, 5.74) is 2.98. The molecule has 0 spiro atoms. The van der Waals surface area contributed by atoms with Gasteiger partial charge in [0.15, 0.2) is 0 Å². The molecule has 0 radical (unpaired) electrons. The van der Waals surface area contributed by atoms with Gasteiger partial charge >= 0.3 is 0 Å². The molecule has 1 aliphatic carbocycles. The van der Waals surface area contributed by atoms with E-state index in [9.17, 15) is 0 Å². The maximum atomic E-state index is 3.77. The highest BCUT2D eigenvalue weighted by atomic mass is 14.9. The minimum Gasteiger partial charge on any atom is -0.310 e. The maximum absolute atomic E-state index is 3.77. The van der Waals surface area contributed by atoms with Gasteiger partial charge in [0.1, 0.15) is 0 Å². The quantitative estimate of drug-likeness (QED) is 0.780. The van der Waals surface area contributed by atoms with E-state index in [0.717, 1.165) is 24.9 Å². The van der Waals surface area contributed by atoms with Crippen molar-refractivity contribution in [3.05, 3.63) is 35.4 Å². The molecular formula is C17H27N. The van der Waals surface area contributed by atoms with Crippen LogP contribution >= 0.6 is 0 Å². The van der Waals surface area contributed by atoms with Crippen molar-refractivity contribution < 1.29 is 0 Å². The Labute approximate surface area is 112 Å². The molecule has 0 heterocycles. The summed E-state index contributed by atoms with van der Waals surface area (Å²) in [6.07, 6.45) is 8.07. The summed E-state index contributed by atoms with van der Waals surface area (Å²) in [7, 11) is 0. The molecule has 100 valence electrons. The SMILES string of the molecule is CCc1ccccc1CNC1CCCC(C)CC1. The molecule has 2 unspecified atom stereocenters. The fourth-order valence-electron chi connectivity index (χ4n) is 3.02. The summed E-state index contributed by atoms with van der Waals surface area (Å²) in [5, 5.41) is 3.77. The van der Waals surface area contributed by atoms with Crippen LogP contribution in [0.15, 0.2) is 24.3 Å². The van der Waals surface area contributed by atoms with Crippen molar-refractivity contribution in [1.82, 2.24) is 5.32 Å². The molecule has 1 heteroatoms. The molecule has 1 aliphatic rings. The zero-order valence-corrected chi connectivity index (χ0v) is 11.9. The predicted molar refractivity (Wildman–Crippen MR) is 78.7 cm³/mol. The molecular weight excluding hydrogens is 218 g/mol. The predicted octanol–water partition coefficient (Wildman–Crippen LogP) is 4.31. The third-order valence-electron chi connectivity index (χ3n) is 4.34. The van der Waals surface area contributed by atoms with Crippen LogP contribution in [0.2, 0.25) is 0 Å². The third-order valence-corrected chi connectivity index (χ3v) is 4.34. The Bertz CT molecular complexity index is 358. The van der Waals surface area contributed by atoms with Crippen molar-refractivity contribution in [2.24, 2.45) is 5.92 Å². The van der Waals surface area contributed by atoms with Gasteiger partial charge in [-0.1, -0.05) is 51.0 Å². The normalized spacial score (nSPS) is 24.8. The largest absolute Gasteiger partial charge is 0.310 e. The lowest BCUT2D eigenvalue weighted by Crippen LogP contribution is -2.28. The smallest absolute Gasteiger partial charge is 0.0210 e. The number of benzene rings is 1. The lowest BCUT2D eigenvalue weighted by Gasteiger charge is -2.17. The summed E-state index contributed by atoms with van der Waals surface area (Å²) in [6, 6.07) is 9.57. The molecule has 2 atom stereocenters. The molecule has 1 fully saturated rings. The van der Waals surface area contributed by atoms with Crippen LogP contribution in [0.3, 0.4) is 0 Å². The molecule has 1 aromatic rings. The van der Waals surface area contributed by atoms with E-state index in [1.54, 1.807) is 0 Å². The monoisotopic (exact) mass is 245 g/mol. The van der Waals surface area contributed by atoms with Gasteiger partial charge in [0.05, 0.1) is 0 Å². The second kappa shape index (κ2) is 6.94. The number of nitrogens with one attached hydrogen (secondary N) is 1. The van der Waals surface area contributed by atoms with E-state index in [1.807, 2.05) is 0 Å². The third kappa shape index (κ3) is 3.84. The van der Waals surface area contributed by atoms with Crippen LogP contribution < -0.4 is 5.32 Å². The fraction of sp³-hybridized carbons (Fsp3) is 0.647. The maximum Gasteiger partial charge on any atom is 0.0210 e. The Kier molecular flexibility index (Phi) is 5.25. The minimum absolute atomic E-state index is 0.736. The van der Waals surface area contributed by atoms with Gasteiger partial charge in [0.25, 0.3) is 0 Å². The molecule has 2 rings (SSSR count). The first-order valence-corrected chi connectivity index (χ1v) is 7.59. The number of rotatable bonds is 4. The van der Waals surface area contributed by atoms with E-state index >= 15 is 0 Å². The van der Waals surface area contributed by atoms with Crippen molar-refractivity contribution >= 4 is 0 Å². The van der Waals surface area contributed by atoms with Crippen molar-refractivity contribution in [3.8, 4) is 0 Å². The van der Waals surface area contributed by atoms with Crippen LogP contribution in [-0.4, -0.2) is 6.04 Å². The fourth-order valence-corrected chi connectivity index (χ4v) is 3.02. The van der Waals surface area contributed by atoms with Gasteiger partial charge in [0, 0.05) is 12.6 Å². The lowest BCUT2D eigenvalue weighted by molar-refractivity contribution is 0.446. The van der Waals surface area contributed by atoms with Crippen LogP contribution in [0.25, 0.3) is 0 Å². The van der Waals surface area contributed by atoms with E-state index in [-0.39, 0.29) is 0 Å². The van der Waals surface area contributed by atoms with Crippen molar-refractivity contribution in [1.29, 1.82) is 0 Å². The van der Waals surface area contributed by atoms with Gasteiger partial charge in [-0.05, 0) is 42.7 Å². The standard InChI is InChI=1S/C17H27N/c1-3-15-8-4-5-9-16(15)13-18-17-10-6-7-14(2)11-12-17/h4-5,8-9,14,17-18H,3,6-7,10-13H2,1-2H3. The van der Waals surface area contributed by atoms with Crippen molar-refractivity contribution in [2.75, 3.05) is 0 Å². The first kappa shape index (κ1) is 13.6. The number of hydrogen-bond donors (Lipinski definition) is 1. The highest BCUT2D eigenvalue weighted by Crippen LogP contribution is 2.23. The Morgan fingerprint density at radius 3 is 2.61 bits per heavy atom. The molecule has 0 aliphatic heterocycles. The molecule has 1 N–H and O–H groups in total. The van der Waals surface area contributed by atoms with Crippen LogP contribution in [0.5, 0.6) is 0 Å². The first-order valence-electron chi connectivity index (χ1n) is 7.59. The van der Waals surface area contributed by atoms with E-state index in [4.69, 9.17) is 0 Å². The van der Waals surface area contributed by atoms with Gasteiger partial charge in [-0.2, -0.15) is 0 Å². The topological polar surface area (TPSA) is 12.0 Å². The number of hydrogen-bond acceptors (Lipinski definition) is 1. The highest BCUT2D eigenvalue weighted by molar-refractivity contribution is 5.26. The Morgan fingerprint density at radius 1 is 1.06 bits per heavy atom. The highest BCUT2D eigenvalue weighted by Gasteiger charge is 2.15. The average molecular weight is 245 g/mol. The first-order chi connectivity index (χ1) is 8.79. The van der Waals surface area contributed by atoms with E-state index in [0.29, 0.717) is 0 Å². The average Bonchev–Trinajstić information content (AvgIpc) is 2.61. The zero-order chi connectivity index (χ0) is 12.8.